The van der Waals surface area contributed by atoms with Crippen LogP contribution >= 0.6 is 0 Å². The molecule has 1 aromatic carbocycles. The molecule has 24 heavy (non-hydrogen) atoms. The summed E-state index contributed by atoms with van der Waals surface area (Å²) >= 11 is 0. The van der Waals surface area contributed by atoms with Gasteiger partial charge in [0.05, 0.1) is 6.20 Å². The predicted molar refractivity (Wildman–Crippen MR) is 87.7 cm³/mol. The molecule has 8 heteroatoms. The Labute approximate surface area is 138 Å². The zero-order valence-corrected chi connectivity index (χ0v) is 13.2. The second kappa shape index (κ2) is 6.07. The Kier molecular flexibility index (Phi) is 3.62. The van der Waals surface area contributed by atoms with Gasteiger partial charge in [0.1, 0.15) is 5.82 Å². The molecule has 0 spiro atoms. The van der Waals surface area contributed by atoms with Crippen LogP contribution < -0.4 is 0 Å². The number of hydrogen-bond donors (Lipinski definition) is 1. The molecule has 0 amide bonds. The number of aromatic amines is 1. The van der Waals surface area contributed by atoms with Crippen LogP contribution in [0.3, 0.4) is 0 Å². The van der Waals surface area contributed by atoms with Crippen molar-refractivity contribution in [2.75, 3.05) is 0 Å². The minimum absolute atomic E-state index is 0.585. The highest BCUT2D eigenvalue weighted by Crippen LogP contribution is 2.21. The van der Waals surface area contributed by atoms with E-state index >= 15 is 0 Å². The van der Waals surface area contributed by atoms with Gasteiger partial charge in [-0.15, -0.1) is 10.2 Å². The normalized spacial score (nSPS) is 11.0. The first kappa shape index (κ1) is 14.3. The maximum Gasteiger partial charge on any atom is 0.204 e. The van der Waals surface area contributed by atoms with Crippen molar-refractivity contribution in [1.82, 2.24) is 40.0 Å². The van der Waals surface area contributed by atoms with Gasteiger partial charge in [0.2, 0.25) is 5.82 Å². The van der Waals surface area contributed by atoms with Crippen LogP contribution in [-0.2, 0) is 20.0 Å². The summed E-state index contributed by atoms with van der Waals surface area (Å²) in [6, 6.07) is 7.99. The standard InChI is InChI=1S/C16H16N8/c1-23-11-12(10-18-23)6-8-24-9-7-17-16(24)14-4-2-13(3-5-14)15-19-21-22-20-15/h2-5,7,9-11H,6,8H2,1H3,(H,19,20,21,22). The molecule has 4 rings (SSSR count). The number of H-pyrrole nitrogens is 1. The number of nitrogens with one attached hydrogen (secondary N) is 1. The van der Waals surface area contributed by atoms with E-state index in [1.807, 2.05) is 60.8 Å². The Hall–Kier alpha value is -3.29. The van der Waals surface area contributed by atoms with E-state index in [0.717, 1.165) is 29.9 Å². The Balaban J connectivity index is 1.53. The molecular weight excluding hydrogens is 304 g/mol. The summed E-state index contributed by atoms with van der Waals surface area (Å²) in [7, 11) is 1.93. The summed E-state index contributed by atoms with van der Waals surface area (Å²) in [5, 5.41) is 18.2. The van der Waals surface area contributed by atoms with Crippen molar-refractivity contribution in [2.24, 2.45) is 7.05 Å². The van der Waals surface area contributed by atoms with Gasteiger partial charge in [0.15, 0.2) is 0 Å². The summed E-state index contributed by atoms with van der Waals surface area (Å²) in [6.45, 7) is 0.855. The van der Waals surface area contributed by atoms with E-state index in [9.17, 15) is 0 Å². The van der Waals surface area contributed by atoms with Gasteiger partial charge in [-0.3, -0.25) is 4.68 Å². The van der Waals surface area contributed by atoms with Crippen LogP contribution in [0.15, 0.2) is 49.1 Å². The highest BCUT2D eigenvalue weighted by molar-refractivity contribution is 5.63. The lowest BCUT2D eigenvalue weighted by Gasteiger charge is -2.07. The van der Waals surface area contributed by atoms with Crippen molar-refractivity contribution in [3.05, 3.63) is 54.6 Å². The molecule has 0 aliphatic rings. The van der Waals surface area contributed by atoms with E-state index in [-0.39, 0.29) is 0 Å². The van der Waals surface area contributed by atoms with E-state index in [2.05, 4.69) is 35.3 Å². The average Bonchev–Trinajstić information content (AvgIpc) is 3.35. The number of aryl methyl sites for hydroxylation is 3. The van der Waals surface area contributed by atoms with Crippen molar-refractivity contribution in [3.63, 3.8) is 0 Å². The molecule has 0 fully saturated rings. The number of hydrogen-bond acceptors (Lipinski definition) is 5. The molecule has 8 nitrogen and oxygen atoms in total. The Morgan fingerprint density at radius 1 is 1.12 bits per heavy atom. The third-order valence-electron chi connectivity index (χ3n) is 3.86. The topological polar surface area (TPSA) is 90.1 Å². The van der Waals surface area contributed by atoms with Gasteiger partial charge in [-0.05, 0) is 17.2 Å². The molecule has 0 atom stereocenters. The van der Waals surface area contributed by atoms with Gasteiger partial charge in [-0.25, -0.2) is 4.98 Å². The lowest BCUT2D eigenvalue weighted by atomic mass is 10.1. The Morgan fingerprint density at radius 2 is 1.96 bits per heavy atom. The highest BCUT2D eigenvalue weighted by atomic mass is 15.5. The average molecular weight is 320 g/mol. The lowest BCUT2D eigenvalue weighted by molar-refractivity contribution is 0.701. The zero-order valence-electron chi connectivity index (χ0n) is 13.2. The van der Waals surface area contributed by atoms with Crippen LogP contribution in [0.5, 0.6) is 0 Å². The molecule has 120 valence electrons. The Bertz CT molecular complexity index is 917. The van der Waals surface area contributed by atoms with E-state index in [0.29, 0.717) is 5.82 Å². The molecule has 0 saturated carbocycles. The first-order valence-electron chi connectivity index (χ1n) is 7.62. The van der Waals surface area contributed by atoms with Crippen molar-refractivity contribution < 1.29 is 0 Å². The van der Waals surface area contributed by atoms with Gasteiger partial charge < -0.3 is 4.57 Å². The quantitative estimate of drug-likeness (QED) is 0.604. The van der Waals surface area contributed by atoms with E-state index in [4.69, 9.17) is 0 Å². The summed E-state index contributed by atoms with van der Waals surface area (Å²) < 4.78 is 3.97. The van der Waals surface area contributed by atoms with Crippen molar-refractivity contribution in [1.29, 1.82) is 0 Å². The fourth-order valence-electron chi connectivity index (χ4n) is 2.65. The number of imidazole rings is 1. The van der Waals surface area contributed by atoms with Crippen LogP contribution in [0.2, 0.25) is 0 Å². The van der Waals surface area contributed by atoms with Crippen LogP contribution in [0, 0.1) is 0 Å². The second-order valence-corrected chi connectivity index (χ2v) is 5.53. The smallest absolute Gasteiger partial charge is 0.204 e. The lowest BCUT2D eigenvalue weighted by Crippen LogP contribution is -2.02. The van der Waals surface area contributed by atoms with Crippen LogP contribution in [0.25, 0.3) is 22.8 Å². The molecule has 3 aromatic heterocycles. The fraction of sp³-hybridized carbons (Fsp3) is 0.188. The van der Waals surface area contributed by atoms with Crippen molar-refractivity contribution >= 4 is 0 Å². The van der Waals surface area contributed by atoms with E-state index < -0.39 is 0 Å². The first-order chi connectivity index (χ1) is 11.8. The maximum absolute atomic E-state index is 4.49. The SMILES string of the molecule is Cn1cc(CCn2ccnc2-c2ccc(-c3nn[nH]n3)cc2)cn1. The van der Waals surface area contributed by atoms with Gasteiger partial charge in [0, 0.05) is 43.3 Å². The number of rotatable bonds is 5. The van der Waals surface area contributed by atoms with Crippen molar-refractivity contribution in [3.8, 4) is 22.8 Å². The van der Waals surface area contributed by atoms with Crippen LogP contribution in [0.1, 0.15) is 5.56 Å². The molecule has 1 N–H and O–H groups in total. The molecule has 0 radical (unpaired) electrons. The number of tetrazole rings is 1. The monoisotopic (exact) mass is 320 g/mol. The number of nitrogens with zero attached hydrogens (tertiary/aromatic N) is 7. The van der Waals surface area contributed by atoms with E-state index in [1.165, 1.54) is 5.56 Å². The second-order valence-electron chi connectivity index (χ2n) is 5.53. The molecule has 0 unspecified atom stereocenters. The van der Waals surface area contributed by atoms with Crippen molar-refractivity contribution in [2.45, 2.75) is 13.0 Å². The summed E-state index contributed by atoms with van der Waals surface area (Å²) in [5.74, 6) is 1.53. The summed E-state index contributed by atoms with van der Waals surface area (Å²) in [6.07, 6.45) is 8.68. The first-order valence-corrected chi connectivity index (χ1v) is 7.62. The largest absolute Gasteiger partial charge is 0.331 e. The van der Waals surface area contributed by atoms with E-state index in [1.54, 1.807) is 0 Å². The third kappa shape index (κ3) is 2.81. The van der Waals surface area contributed by atoms with Gasteiger partial charge in [0.25, 0.3) is 0 Å². The zero-order chi connectivity index (χ0) is 16.4. The number of benzene rings is 1. The minimum atomic E-state index is 0.585. The molecular formula is C16H16N8. The maximum atomic E-state index is 4.49. The van der Waals surface area contributed by atoms with Gasteiger partial charge in [-0.1, -0.05) is 24.3 Å². The molecule has 4 aromatic rings. The molecule has 0 saturated heterocycles. The summed E-state index contributed by atoms with van der Waals surface area (Å²) in [5.41, 5.74) is 3.18. The highest BCUT2D eigenvalue weighted by Gasteiger charge is 2.08. The third-order valence-corrected chi connectivity index (χ3v) is 3.86. The molecule has 0 aliphatic carbocycles. The van der Waals surface area contributed by atoms with Gasteiger partial charge >= 0.3 is 0 Å². The van der Waals surface area contributed by atoms with Gasteiger partial charge in [-0.2, -0.15) is 10.3 Å². The van der Waals surface area contributed by atoms with Crippen LogP contribution in [-0.4, -0.2) is 40.0 Å². The molecule has 3 heterocycles. The van der Waals surface area contributed by atoms with Crippen LogP contribution in [0.4, 0.5) is 0 Å². The number of aromatic nitrogens is 8. The fourth-order valence-corrected chi connectivity index (χ4v) is 2.65. The predicted octanol–water partition coefficient (Wildman–Crippen LogP) is 1.71. The summed E-state index contributed by atoms with van der Waals surface area (Å²) in [4.78, 5) is 4.49. The molecule has 0 bridgehead atoms. The Morgan fingerprint density at radius 3 is 2.67 bits per heavy atom. The molecule has 0 aliphatic heterocycles. The minimum Gasteiger partial charge on any atom is -0.331 e.